The molecule has 4 rings (SSSR count). The van der Waals surface area contributed by atoms with Crippen LogP contribution in [0.1, 0.15) is 11.4 Å². The van der Waals surface area contributed by atoms with Crippen molar-refractivity contribution in [1.29, 1.82) is 0 Å². The zero-order valence-electron chi connectivity index (χ0n) is 14.0. The van der Waals surface area contributed by atoms with Gasteiger partial charge in [0.2, 0.25) is 0 Å². The number of benzene rings is 2. The van der Waals surface area contributed by atoms with Crippen molar-refractivity contribution in [2.24, 2.45) is 0 Å². The second-order valence-electron chi connectivity index (χ2n) is 5.95. The summed E-state index contributed by atoms with van der Waals surface area (Å²) in [5.41, 5.74) is 1.34. The fourth-order valence-electron chi connectivity index (χ4n) is 2.96. The number of hydrogen-bond donors (Lipinski definition) is 2. The highest BCUT2D eigenvalue weighted by Crippen LogP contribution is 2.37. The van der Waals surface area contributed by atoms with Gasteiger partial charge < -0.3 is 10.3 Å². The first kappa shape index (κ1) is 17.1. The lowest BCUT2D eigenvalue weighted by molar-refractivity contribution is -0.136. The van der Waals surface area contributed by atoms with Gasteiger partial charge in [0.1, 0.15) is 5.82 Å². The van der Waals surface area contributed by atoms with Gasteiger partial charge in [-0.3, -0.25) is 4.98 Å². The first-order valence-corrected chi connectivity index (χ1v) is 8.21. The van der Waals surface area contributed by atoms with Crippen molar-refractivity contribution in [1.82, 2.24) is 15.0 Å². The number of anilines is 1. The van der Waals surface area contributed by atoms with E-state index in [1.807, 2.05) is 24.3 Å². The van der Waals surface area contributed by atoms with E-state index < -0.39 is 11.7 Å². The second kappa shape index (κ2) is 6.75. The first-order valence-electron chi connectivity index (χ1n) is 8.21. The highest BCUT2D eigenvalue weighted by Gasteiger charge is 2.33. The van der Waals surface area contributed by atoms with Gasteiger partial charge in [-0.2, -0.15) is 13.2 Å². The molecule has 0 atom stereocenters. The number of alkyl halides is 3. The molecule has 0 unspecified atom stereocenters. The number of hydrogen-bond acceptors (Lipinski definition) is 3. The molecule has 0 aliphatic heterocycles. The molecule has 0 amide bonds. The van der Waals surface area contributed by atoms with E-state index in [1.165, 1.54) is 12.3 Å². The van der Waals surface area contributed by atoms with Crippen LogP contribution in [0, 0.1) is 6.07 Å². The van der Waals surface area contributed by atoms with Crippen molar-refractivity contribution in [3.05, 3.63) is 78.5 Å². The molecular formula is C20H14F3N4. The van der Waals surface area contributed by atoms with E-state index in [2.05, 4.69) is 26.3 Å². The summed E-state index contributed by atoms with van der Waals surface area (Å²) < 4.78 is 39.8. The van der Waals surface area contributed by atoms with Gasteiger partial charge in [0.25, 0.3) is 0 Å². The van der Waals surface area contributed by atoms with Crippen molar-refractivity contribution in [2.45, 2.75) is 12.7 Å². The summed E-state index contributed by atoms with van der Waals surface area (Å²) in [4.78, 5) is 11.1. The van der Waals surface area contributed by atoms with E-state index in [1.54, 1.807) is 18.5 Å². The number of H-pyrrole nitrogens is 1. The Morgan fingerprint density at radius 1 is 1.07 bits per heavy atom. The largest absolute Gasteiger partial charge is 0.418 e. The Bertz CT molecular complexity index is 1070. The zero-order valence-corrected chi connectivity index (χ0v) is 14.0. The molecule has 0 saturated carbocycles. The molecule has 1 radical (unpaired) electrons. The molecule has 2 heterocycles. The summed E-state index contributed by atoms with van der Waals surface area (Å²) in [6, 6.07) is 14.5. The molecule has 2 aromatic carbocycles. The Morgan fingerprint density at radius 2 is 1.93 bits per heavy atom. The van der Waals surface area contributed by atoms with E-state index in [9.17, 15) is 13.2 Å². The molecule has 4 nitrogen and oxygen atoms in total. The lowest BCUT2D eigenvalue weighted by Gasteiger charge is -2.13. The third-order valence-electron chi connectivity index (χ3n) is 4.18. The smallest absolute Gasteiger partial charge is 0.378 e. The number of imidazole rings is 1. The summed E-state index contributed by atoms with van der Waals surface area (Å²) in [7, 11) is 0. The number of aromatic nitrogens is 3. The molecule has 0 fully saturated rings. The number of nitrogens with zero attached hydrogens (tertiary/aromatic N) is 2. The maximum Gasteiger partial charge on any atom is 0.418 e. The van der Waals surface area contributed by atoms with Gasteiger partial charge in [-0.1, -0.05) is 24.3 Å². The molecular weight excluding hydrogens is 353 g/mol. The number of para-hydroxylation sites is 1. The van der Waals surface area contributed by atoms with Gasteiger partial charge in [0.15, 0.2) is 0 Å². The van der Waals surface area contributed by atoms with Gasteiger partial charge in [-0.05, 0) is 23.8 Å². The minimum absolute atomic E-state index is 0.0762. The van der Waals surface area contributed by atoms with Gasteiger partial charge >= 0.3 is 6.18 Å². The number of fused-ring (bicyclic) bond motifs is 1. The zero-order chi connectivity index (χ0) is 18.9. The predicted molar refractivity (Wildman–Crippen MR) is 96.9 cm³/mol. The van der Waals surface area contributed by atoms with Gasteiger partial charge in [0, 0.05) is 41.3 Å². The summed E-state index contributed by atoms with van der Waals surface area (Å²) >= 11 is 0. The van der Waals surface area contributed by atoms with E-state index >= 15 is 0 Å². The summed E-state index contributed by atoms with van der Waals surface area (Å²) in [5.74, 6) is 0.788. The quantitative estimate of drug-likeness (QED) is 0.530. The van der Waals surface area contributed by atoms with Crippen LogP contribution >= 0.6 is 0 Å². The Hall–Kier alpha value is -3.35. The number of nitrogens with one attached hydrogen (secondary N) is 2. The third-order valence-corrected chi connectivity index (χ3v) is 4.18. The van der Waals surface area contributed by atoms with Crippen LogP contribution in [0.2, 0.25) is 0 Å². The molecule has 135 valence electrons. The average Bonchev–Trinajstić information content (AvgIpc) is 3.18. The molecule has 0 aliphatic rings. The molecule has 4 aromatic rings. The number of halogens is 3. The Kier molecular flexibility index (Phi) is 4.27. The van der Waals surface area contributed by atoms with Crippen LogP contribution in [0.5, 0.6) is 0 Å². The van der Waals surface area contributed by atoms with E-state index in [4.69, 9.17) is 0 Å². The summed E-state index contributed by atoms with van der Waals surface area (Å²) in [5, 5.41) is 3.65. The second-order valence-corrected chi connectivity index (χ2v) is 5.95. The maximum atomic E-state index is 13.3. The Labute approximate surface area is 153 Å². The van der Waals surface area contributed by atoms with Crippen LogP contribution in [-0.2, 0) is 12.7 Å². The van der Waals surface area contributed by atoms with Crippen molar-refractivity contribution >= 4 is 16.6 Å². The fraction of sp³-hybridized carbons (Fsp3) is 0.100. The molecule has 0 spiro atoms. The molecule has 7 heteroatoms. The number of aromatic amines is 1. The van der Waals surface area contributed by atoms with Gasteiger partial charge in [0.05, 0.1) is 17.6 Å². The lowest BCUT2D eigenvalue weighted by Crippen LogP contribution is -2.06. The van der Waals surface area contributed by atoms with Crippen LogP contribution in [0.25, 0.3) is 22.0 Å². The molecule has 0 bridgehead atoms. The normalized spacial score (nSPS) is 11.7. The highest BCUT2D eigenvalue weighted by atomic mass is 19.4. The fourth-order valence-corrected chi connectivity index (χ4v) is 2.96. The predicted octanol–water partition coefficient (Wildman–Crippen LogP) is 5.06. The van der Waals surface area contributed by atoms with E-state index in [-0.39, 0.29) is 5.52 Å². The van der Waals surface area contributed by atoms with E-state index in [0.717, 1.165) is 23.1 Å². The molecule has 2 aromatic heterocycles. The van der Waals surface area contributed by atoms with Crippen LogP contribution < -0.4 is 5.32 Å². The van der Waals surface area contributed by atoms with Gasteiger partial charge in [-0.25, -0.2) is 4.98 Å². The molecule has 0 saturated heterocycles. The topological polar surface area (TPSA) is 53.6 Å². The summed E-state index contributed by atoms with van der Waals surface area (Å²) in [6.07, 6.45) is 0.237. The van der Waals surface area contributed by atoms with Gasteiger partial charge in [-0.15, -0.1) is 0 Å². The highest BCUT2D eigenvalue weighted by molar-refractivity contribution is 5.96. The Balaban J connectivity index is 1.73. The average molecular weight is 367 g/mol. The Morgan fingerprint density at radius 3 is 2.70 bits per heavy atom. The number of pyridine rings is 1. The van der Waals surface area contributed by atoms with Crippen molar-refractivity contribution in [3.8, 4) is 11.1 Å². The van der Waals surface area contributed by atoms with Crippen molar-refractivity contribution in [2.75, 3.05) is 5.32 Å². The number of rotatable bonds is 4. The van der Waals surface area contributed by atoms with Crippen LogP contribution in [0.15, 0.2) is 61.1 Å². The SMILES string of the molecule is FC(F)(F)c1cccc2c(-c3cccc(NCc4ncc[nH]4)c3)[c]cnc12. The molecule has 27 heavy (non-hydrogen) atoms. The lowest BCUT2D eigenvalue weighted by atomic mass is 9.99. The van der Waals surface area contributed by atoms with E-state index in [0.29, 0.717) is 17.5 Å². The third kappa shape index (κ3) is 3.48. The van der Waals surface area contributed by atoms with Crippen LogP contribution in [0.3, 0.4) is 0 Å². The van der Waals surface area contributed by atoms with Crippen LogP contribution in [0.4, 0.5) is 18.9 Å². The molecule has 2 N–H and O–H groups in total. The molecule has 0 aliphatic carbocycles. The van der Waals surface area contributed by atoms with Crippen molar-refractivity contribution in [3.63, 3.8) is 0 Å². The van der Waals surface area contributed by atoms with Crippen LogP contribution in [-0.4, -0.2) is 15.0 Å². The monoisotopic (exact) mass is 367 g/mol. The first-order chi connectivity index (χ1) is 13.0. The summed E-state index contributed by atoms with van der Waals surface area (Å²) in [6.45, 7) is 0.509. The minimum atomic E-state index is -4.46. The van der Waals surface area contributed by atoms with Crippen molar-refractivity contribution < 1.29 is 13.2 Å². The standard InChI is InChI=1S/C20H14F3N4/c21-20(22,23)17-6-2-5-16-15(7-8-26-19(16)17)13-3-1-4-14(11-13)27-12-18-24-9-10-25-18/h1-6,8-11,27H,12H2,(H,24,25). The minimum Gasteiger partial charge on any atom is -0.378 e. The maximum absolute atomic E-state index is 13.3.